The Balaban J connectivity index is 1.72. The first-order valence-corrected chi connectivity index (χ1v) is 9.11. The molecule has 0 bridgehead atoms. The lowest BCUT2D eigenvalue weighted by atomic mass is 9.97. The van der Waals surface area contributed by atoms with Crippen LogP contribution in [-0.2, 0) is 25.0 Å². The Bertz CT molecular complexity index is 666. The zero-order valence-electron chi connectivity index (χ0n) is 11.2. The number of fused-ring (bicyclic) bond motifs is 1. The molecule has 3 rings (SSSR count). The minimum Gasteiger partial charge on any atom is -0.492 e. The minimum atomic E-state index is -3.79. The molecule has 1 aromatic rings. The number of carbonyl (C=O) groups is 1. The first kappa shape index (κ1) is 14.7. The van der Waals surface area contributed by atoms with Gasteiger partial charge < -0.3 is 9.47 Å². The van der Waals surface area contributed by atoms with Crippen molar-refractivity contribution in [1.29, 1.82) is 0 Å². The predicted molar refractivity (Wildman–Crippen MR) is 75.9 cm³/mol. The number of ether oxygens (including phenoxy) is 2. The van der Waals surface area contributed by atoms with E-state index in [4.69, 9.17) is 20.2 Å². The number of carbonyl (C=O) groups excluding carboxylic acids is 1. The Morgan fingerprint density at radius 2 is 2.14 bits per heavy atom. The fourth-order valence-corrected chi connectivity index (χ4v) is 3.08. The fourth-order valence-electron chi connectivity index (χ4n) is 2.28. The fraction of sp³-hybridized carbons (Fsp3) is 0.500. The summed E-state index contributed by atoms with van der Waals surface area (Å²) in [6.07, 6.45) is 2.64. The third kappa shape index (κ3) is 3.49. The molecule has 114 valence electrons. The summed E-state index contributed by atoms with van der Waals surface area (Å²) in [4.78, 5) is 12.0. The van der Waals surface area contributed by atoms with Crippen LogP contribution in [-0.4, -0.2) is 27.6 Å². The number of benzene rings is 1. The largest absolute Gasteiger partial charge is 0.492 e. The number of rotatable bonds is 4. The molecule has 0 amide bonds. The van der Waals surface area contributed by atoms with Crippen LogP contribution in [0.1, 0.15) is 18.4 Å². The lowest BCUT2D eigenvalue weighted by molar-refractivity contribution is -0.150. The normalized spacial score (nSPS) is 21.3. The highest BCUT2D eigenvalue weighted by molar-refractivity contribution is 8.13. The van der Waals surface area contributed by atoms with Gasteiger partial charge in [0.25, 0.3) is 9.05 Å². The van der Waals surface area contributed by atoms with Gasteiger partial charge in [0.1, 0.15) is 12.4 Å². The Morgan fingerprint density at radius 3 is 2.81 bits per heavy atom. The van der Waals surface area contributed by atoms with E-state index in [1.54, 1.807) is 6.07 Å². The summed E-state index contributed by atoms with van der Waals surface area (Å²) in [5.74, 6) is 0.417. The molecule has 1 heterocycles. The van der Waals surface area contributed by atoms with Crippen molar-refractivity contribution in [2.75, 3.05) is 13.2 Å². The zero-order chi connectivity index (χ0) is 15.0. The third-order valence-corrected chi connectivity index (χ3v) is 5.06. The van der Waals surface area contributed by atoms with Gasteiger partial charge in [0.15, 0.2) is 0 Å². The molecule has 1 saturated carbocycles. The number of hydrogen-bond acceptors (Lipinski definition) is 5. The van der Waals surface area contributed by atoms with Gasteiger partial charge in [0, 0.05) is 10.7 Å². The van der Waals surface area contributed by atoms with Crippen molar-refractivity contribution < 1.29 is 22.7 Å². The highest BCUT2D eigenvalue weighted by Crippen LogP contribution is 2.32. The van der Waals surface area contributed by atoms with E-state index in [0.717, 1.165) is 12.8 Å². The monoisotopic (exact) mass is 330 g/mol. The first-order chi connectivity index (χ1) is 9.93. The van der Waals surface area contributed by atoms with E-state index in [1.807, 2.05) is 0 Å². The minimum absolute atomic E-state index is 0.0125. The molecule has 1 fully saturated rings. The van der Waals surface area contributed by atoms with E-state index in [-0.39, 0.29) is 17.5 Å². The molecule has 0 spiro atoms. The Hall–Kier alpha value is -1.27. The lowest BCUT2D eigenvalue weighted by Crippen LogP contribution is -2.30. The molecule has 1 aliphatic carbocycles. The van der Waals surface area contributed by atoms with Gasteiger partial charge >= 0.3 is 5.97 Å². The topological polar surface area (TPSA) is 69.7 Å². The smallest absolute Gasteiger partial charge is 0.312 e. The quantitative estimate of drug-likeness (QED) is 0.624. The van der Waals surface area contributed by atoms with Gasteiger partial charge in [-0.3, -0.25) is 4.79 Å². The van der Waals surface area contributed by atoms with E-state index >= 15 is 0 Å². The lowest BCUT2D eigenvalue weighted by Gasteiger charge is -2.24. The maximum Gasteiger partial charge on any atom is 0.312 e. The average Bonchev–Trinajstić information content (AvgIpc) is 3.26. The van der Waals surface area contributed by atoms with Gasteiger partial charge in [-0.2, -0.15) is 0 Å². The summed E-state index contributed by atoms with van der Waals surface area (Å²) in [5.41, 5.74) is 0.663. The zero-order valence-corrected chi connectivity index (χ0v) is 12.8. The van der Waals surface area contributed by atoms with Crippen LogP contribution in [0.25, 0.3) is 0 Å². The molecule has 1 aliphatic heterocycles. The van der Waals surface area contributed by atoms with Gasteiger partial charge in [0.05, 0.1) is 17.4 Å². The molecule has 2 aliphatic rings. The molecule has 0 saturated heterocycles. The van der Waals surface area contributed by atoms with Crippen LogP contribution in [0.2, 0.25) is 0 Å². The molecule has 5 nitrogen and oxygen atoms in total. The van der Waals surface area contributed by atoms with Crippen molar-refractivity contribution in [2.24, 2.45) is 11.8 Å². The number of esters is 1. The Labute approximate surface area is 127 Å². The Morgan fingerprint density at radius 1 is 1.38 bits per heavy atom. The first-order valence-electron chi connectivity index (χ1n) is 6.80. The molecule has 1 unspecified atom stereocenters. The van der Waals surface area contributed by atoms with Crippen LogP contribution in [0.3, 0.4) is 0 Å². The van der Waals surface area contributed by atoms with Crippen LogP contribution in [0.5, 0.6) is 5.75 Å². The van der Waals surface area contributed by atoms with Crippen LogP contribution < -0.4 is 4.74 Å². The van der Waals surface area contributed by atoms with Crippen LogP contribution in [0, 0.1) is 11.8 Å². The molecule has 0 N–H and O–H groups in total. The number of hydrogen-bond donors (Lipinski definition) is 0. The second kappa shape index (κ2) is 5.50. The maximum atomic E-state index is 12.0. The maximum absolute atomic E-state index is 12.0. The molecule has 21 heavy (non-hydrogen) atoms. The molecule has 1 atom stereocenters. The summed E-state index contributed by atoms with van der Waals surface area (Å²) in [6.45, 7) is 0.724. The van der Waals surface area contributed by atoms with E-state index < -0.39 is 15.0 Å². The van der Waals surface area contributed by atoms with E-state index in [1.165, 1.54) is 12.1 Å². The van der Waals surface area contributed by atoms with Crippen molar-refractivity contribution in [2.45, 2.75) is 24.2 Å². The second-order valence-corrected chi connectivity index (χ2v) is 8.06. The Kier molecular flexibility index (Phi) is 3.84. The van der Waals surface area contributed by atoms with Crippen LogP contribution in [0.4, 0.5) is 0 Å². The van der Waals surface area contributed by atoms with Gasteiger partial charge in [-0.1, -0.05) is 0 Å². The van der Waals surface area contributed by atoms with Crippen LogP contribution >= 0.6 is 10.7 Å². The summed E-state index contributed by atoms with van der Waals surface area (Å²) in [5, 5.41) is 0. The molecule has 7 heteroatoms. The average molecular weight is 331 g/mol. The van der Waals surface area contributed by atoms with E-state index in [9.17, 15) is 13.2 Å². The second-order valence-electron chi connectivity index (χ2n) is 5.49. The highest BCUT2D eigenvalue weighted by atomic mass is 35.7. The van der Waals surface area contributed by atoms with Crippen LogP contribution in [0.15, 0.2) is 23.1 Å². The van der Waals surface area contributed by atoms with Gasteiger partial charge in [-0.15, -0.1) is 0 Å². The van der Waals surface area contributed by atoms with Crippen molar-refractivity contribution in [3.05, 3.63) is 23.8 Å². The standard InChI is InChI=1S/C14H15ClO5S/c15-21(17,18)12-3-4-13-10(6-12)5-11(8-19-13)14(16)20-7-9-1-2-9/h3-4,6,9,11H,1-2,5,7-8H2. The summed E-state index contributed by atoms with van der Waals surface area (Å²) in [7, 11) is 1.54. The van der Waals surface area contributed by atoms with E-state index in [2.05, 4.69) is 0 Å². The van der Waals surface area contributed by atoms with Gasteiger partial charge in [-0.05, 0) is 48.9 Å². The van der Waals surface area contributed by atoms with Crippen molar-refractivity contribution in [3.63, 3.8) is 0 Å². The van der Waals surface area contributed by atoms with E-state index in [0.29, 0.717) is 30.3 Å². The highest BCUT2D eigenvalue weighted by Gasteiger charge is 2.30. The summed E-state index contributed by atoms with van der Waals surface area (Å²) in [6, 6.07) is 4.42. The summed E-state index contributed by atoms with van der Waals surface area (Å²) < 4.78 is 33.5. The molecular weight excluding hydrogens is 316 g/mol. The predicted octanol–water partition coefficient (Wildman–Crippen LogP) is 2.12. The summed E-state index contributed by atoms with van der Waals surface area (Å²) >= 11 is 0. The molecular formula is C14H15ClO5S. The van der Waals surface area contributed by atoms with Crippen molar-refractivity contribution >= 4 is 25.7 Å². The van der Waals surface area contributed by atoms with Crippen molar-refractivity contribution in [1.82, 2.24) is 0 Å². The van der Waals surface area contributed by atoms with Crippen molar-refractivity contribution in [3.8, 4) is 5.75 Å². The van der Waals surface area contributed by atoms with Gasteiger partial charge in [-0.25, -0.2) is 8.42 Å². The molecule has 1 aromatic carbocycles. The third-order valence-electron chi connectivity index (χ3n) is 3.71. The SMILES string of the molecule is O=C(OCC1CC1)C1COc2ccc(S(=O)(=O)Cl)cc2C1. The molecule has 0 aromatic heterocycles. The molecule has 0 radical (unpaired) electrons. The number of halogens is 1. The van der Waals surface area contributed by atoms with Gasteiger partial charge in [0.2, 0.25) is 0 Å².